The van der Waals surface area contributed by atoms with Gasteiger partial charge in [-0.25, -0.2) is 0 Å². The molecule has 0 amide bonds. The maximum absolute atomic E-state index is 10.3. The standard InChI is InChI=1S/C16H36N.2C6H6O/c1-5-9-13-17(14-10-6-2,15-11-7-3)16-12-8-4;2*7-6-4-2-1-3-5-6/h5-16H2,1-4H3;2*1-5,7H/q+1;;/p-1. The number of unbranched alkanes of at least 4 members (excludes halogenated alkanes) is 4. The number of phenolic OH excluding ortho intramolecular Hbond substituents is 1. The van der Waals surface area contributed by atoms with Gasteiger partial charge in [0.25, 0.3) is 0 Å². The van der Waals surface area contributed by atoms with E-state index in [0.29, 0.717) is 5.75 Å². The number of nitrogens with zero attached hydrogens (tertiary/aromatic N) is 1. The van der Waals surface area contributed by atoms with Crippen molar-refractivity contribution in [1.29, 1.82) is 0 Å². The molecule has 0 saturated carbocycles. The lowest BCUT2D eigenvalue weighted by Gasteiger charge is -2.39. The number of hydrogen-bond donors (Lipinski definition) is 1. The zero-order valence-electron chi connectivity index (χ0n) is 20.6. The SMILES string of the molecule is CCCC[N+](CCCC)(CCCC)CCCC.Oc1ccccc1.[O-]c1ccccc1. The van der Waals surface area contributed by atoms with Gasteiger partial charge in [-0.05, 0) is 37.8 Å². The molecule has 176 valence electrons. The van der Waals surface area contributed by atoms with E-state index in [1.54, 1.807) is 36.4 Å². The van der Waals surface area contributed by atoms with E-state index in [1.807, 2.05) is 12.1 Å². The van der Waals surface area contributed by atoms with Crippen LogP contribution >= 0.6 is 0 Å². The summed E-state index contributed by atoms with van der Waals surface area (Å²) >= 11 is 0. The molecule has 0 heterocycles. The number of para-hydroxylation sites is 2. The smallest absolute Gasteiger partial charge is 0.115 e. The Morgan fingerprint density at radius 3 is 1.10 bits per heavy atom. The van der Waals surface area contributed by atoms with E-state index in [2.05, 4.69) is 27.7 Å². The van der Waals surface area contributed by atoms with Gasteiger partial charge in [-0.15, -0.1) is 5.75 Å². The molecule has 0 atom stereocenters. The third-order valence-electron chi connectivity index (χ3n) is 5.44. The zero-order valence-corrected chi connectivity index (χ0v) is 20.6. The van der Waals surface area contributed by atoms with Crippen LogP contribution < -0.4 is 5.11 Å². The molecule has 3 heteroatoms. The van der Waals surface area contributed by atoms with Crippen molar-refractivity contribution in [1.82, 2.24) is 0 Å². The Morgan fingerprint density at radius 2 is 0.903 bits per heavy atom. The van der Waals surface area contributed by atoms with E-state index in [1.165, 1.54) is 94.2 Å². The molecule has 0 spiro atoms. The molecule has 0 bridgehead atoms. The van der Waals surface area contributed by atoms with Gasteiger partial charge >= 0.3 is 0 Å². The van der Waals surface area contributed by atoms with Gasteiger partial charge in [-0.2, -0.15) is 0 Å². The topological polar surface area (TPSA) is 43.3 Å². The molecule has 0 fully saturated rings. The summed E-state index contributed by atoms with van der Waals surface area (Å²) in [4.78, 5) is 0. The van der Waals surface area contributed by atoms with Gasteiger partial charge in [0.1, 0.15) is 5.75 Å². The molecule has 2 rings (SSSR count). The molecule has 0 aliphatic carbocycles. The van der Waals surface area contributed by atoms with Gasteiger partial charge in [0.05, 0.1) is 26.2 Å². The normalized spacial score (nSPS) is 10.5. The fourth-order valence-corrected chi connectivity index (χ4v) is 3.49. The van der Waals surface area contributed by atoms with Crippen LogP contribution in [0.15, 0.2) is 60.7 Å². The maximum atomic E-state index is 10.3. The lowest BCUT2D eigenvalue weighted by Crippen LogP contribution is -2.50. The van der Waals surface area contributed by atoms with Crippen molar-refractivity contribution in [2.24, 2.45) is 0 Å². The molecule has 0 aliphatic heterocycles. The van der Waals surface area contributed by atoms with E-state index >= 15 is 0 Å². The van der Waals surface area contributed by atoms with Crippen LogP contribution in [0.1, 0.15) is 79.1 Å². The van der Waals surface area contributed by atoms with Gasteiger partial charge in [-0.1, -0.05) is 102 Å². The summed E-state index contributed by atoms with van der Waals surface area (Å²) in [6.45, 7) is 15.0. The number of quaternary nitrogens is 1. The van der Waals surface area contributed by atoms with Gasteiger partial charge in [0.2, 0.25) is 0 Å². The van der Waals surface area contributed by atoms with E-state index in [0.717, 1.165) is 0 Å². The molecule has 0 aliphatic rings. The van der Waals surface area contributed by atoms with E-state index in [-0.39, 0.29) is 5.75 Å². The Kier molecular flexibility index (Phi) is 18.6. The number of benzene rings is 2. The predicted molar refractivity (Wildman–Crippen MR) is 133 cm³/mol. The summed E-state index contributed by atoms with van der Waals surface area (Å²) in [5.74, 6) is 0.394. The van der Waals surface area contributed by atoms with E-state index in [9.17, 15) is 5.11 Å². The van der Waals surface area contributed by atoms with E-state index < -0.39 is 0 Å². The van der Waals surface area contributed by atoms with Crippen molar-refractivity contribution >= 4 is 0 Å². The molecular formula is C28H47NO2. The first-order valence-corrected chi connectivity index (χ1v) is 12.3. The highest BCUT2D eigenvalue weighted by atomic mass is 16.3. The number of aromatic hydroxyl groups is 1. The van der Waals surface area contributed by atoms with E-state index in [4.69, 9.17) is 5.11 Å². The van der Waals surface area contributed by atoms with Crippen LogP contribution in [0.5, 0.6) is 11.5 Å². The van der Waals surface area contributed by atoms with Crippen LogP contribution in [0, 0.1) is 0 Å². The average molecular weight is 430 g/mol. The second kappa shape index (κ2) is 19.9. The van der Waals surface area contributed by atoms with Crippen molar-refractivity contribution in [3.8, 4) is 11.5 Å². The summed E-state index contributed by atoms with van der Waals surface area (Å²) < 4.78 is 1.42. The van der Waals surface area contributed by atoms with Crippen LogP contribution in [0.25, 0.3) is 0 Å². The van der Waals surface area contributed by atoms with Gasteiger partial charge < -0.3 is 14.7 Å². The minimum atomic E-state index is 0.0718. The zero-order chi connectivity index (χ0) is 23.2. The fourth-order valence-electron chi connectivity index (χ4n) is 3.49. The molecular weight excluding hydrogens is 382 g/mol. The van der Waals surface area contributed by atoms with Crippen LogP contribution in [0.4, 0.5) is 0 Å². The highest BCUT2D eigenvalue weighted by Crippen LogP contribution is 2.16. The fraction of sp³-hybridized carbons (Fsp3) is 0.571. The highest BCUT2D eigenvalue weighted by Gasteiger charge is 2.24. The summed E-state index contributed by atoms with van der Waals surface area (Å²) in [5, 5.41) is 18.9. The van der Waals surface area contributed by atoms with Gasteiger partial charge in [0.15, 0.2) is 0 Å². The third-order valence-corrected chi connectivity index (χ3v) is 5.44. The molecule has 31 heavy (non-hydrogen) atoms. The largest absolute Gasteiger partial charge is 0.872 e. The quantitative estimate of drug-likeness (QED) is 0.364. The maximum Gasteiger partial charge on any atom is 0.115 e. The second-order valence-corrected chi connectivity index (χ2v) is 8.30. The number of hydrogen-bond acceptors (Lipinski definition) is 2. The predicted octanol–water partition coefficient (Wildman–Crippen LogP) is 7.16. The Balaban J connectivity index is 0.000000518. The first kappa shape index (κ1) is 29.0. The monoisotopic (exact) mass is 429 g/mol. The van der Waals surface area contributed by atoms with Crippen LogP contribution in [0.3, 0.4) is 0 Å². The van der Waals surface area contributed by atoms with Crippen LogP contribution in [-0.2, 0) is 0 Å². The number of rotatable bonds is 12. The molecule has 2 aromatic rings. The lowest BCUT2D eigenvalue weighted by atomic mass is 10.1. The lowest BCUT2D eigenvalue weighted by molar-refractivity contribution is -0.929. The summed E-state index contributed by atoms with van der Waals surface area (Å²) in [5.41, 5.74) is 0. The summed E-state index contributed by atoms with van der Waals surface area (Å²) in [6, 6.07) is 17.0. The Hall–Kier alpha value is -2.00. The van der Waals surface area contributed by atoms with Crippen molar-refractivity contribution < 1.29 is 14.7 Å². The van der Waals surface area contributed by atoms with Gasteiger partial charge in [-0.3, -0.25) is 0 Å². The summed E-state index contributed by atoms with van der Waals surface area (Å²) in [6.07, 6.45) is 11.1. The summed E-state index contributed by atoms with van der Waals surface area (Å²) in [7, 11) is 0. The van der Waals surface area contributed by atoms with Gasteiger partial charge in [0, 0.05) is 0 Å². The Morgan fingerprint density at radius 1 is 0.581 bits per heavy atom. The Labute approximate surface area is 192 Å². The molecule has 3 nitrogen and oxygen atoms in total. The highest BCUT2D eigenvalue weighted by molar-refractivity contribution is 5.18. The average Bonchev–Trinajstić information content (AvgIpc) is 2.80. The van der Waals surface area contributed by atoms with Crippen LogP contribution in [-0.4, -0.2) is 35.8 Å². The van der Waals surface area contributed by atoms with Crippen LogP contribution in [0.2, 0.25) is 0 Å². The van der Waals surface area contributed by atoms with Crippen molar-refractivity contribution in [2.75, 3.05) is 26.2 Å². The van der Waals surface area contributed by atoms with Crippen molar-refractivity contribution in [3.05, 3.63) is 60.7 Å². The van der Waals surface area contributed by atoms with Crippen molar-refractivity contribution in [2.45, 2.75) is 79.1 Å². The molecule has 0 saturated heterocycles. The minimum absolute atomic E-state index is 0.0718. The molecule has 1 N–H and O–H groups in total. The Bertz CT molecular complexity index is 526. The van der Waals surface area contributed by atoms with Crippen molar-refractivity contribution in [3.63, 3.8) is 0 Å². The minimum Gasteiger partial charge on any atom is -0.872 e. The molecule has 0 unspecified atom stereocenters. The molecule has 0 radical (unpaired) electrons. The molecule has 2 aromatic carbocycles. The first-order chi connectivity index (χ1) is 15.0. The first-order valence-electron chi connectivity index (χ1n) is 12.3. The third kappa shape index (κ3) is 16.4. The number of phenols is 1. The second-order valence-electron chi connectivity index (χ2n) is 8.30. The molecule has 0 aromatic heterocycles.